The van der Waals surface area contributed by atoms with E-state index in [1.54, 1.807) is 12.4 Å². The molecule has 1 N–H and O–H groups in total. The van der Waals surface area contributed by atoms with Crippen LogP contribution >= 0.6 is 15.9 Å². The predicted octanol–water partition coefficient (Wildman–Crippen LogP) is 3.94. The first kappa shape index (κ1) is 19.0. The summed E-state index contributed by atoms with van der Waals surface area (Å²) in [5.74, 6) is -0.728. The Bertz CT molecular complexity index is 1250. The number of nitrogens with one attached hydrogen (secondary N) is 1. The molecular weight excluding hydrogens is 441 g/mol. The van der Waals surface area contributed by atoms with Gasteiger partial charge in [-0.05, 0) is 30.3 Å². The van der Waals surface area contributed by atoms with Crippen molar-refractivity contribution in [3.05, 3.63) is 70.3 Å². The molecule has 4 rings (SSSR count). The van der Waals surface area contributed by atoms with E-state index in [2.05, 4.69) is 31.6 Å². The number of halogens is 2. The average molecular weight is 456 g/mol. The quantitative estimate of drug-likeness (QED) is 0.462. The number of carbonyl (C=O) groups excluding carboxylic acids is 2. The molecule has 0 aliphatic rings. The number of aromatic nitrogens is 4. The summed E-state index contributed by atoms with van der Waals surface area (Å²) in [6.07, 6.45) is 4.23. The molecule has 0 spiro atoms. The Balaban J connectivity index is 1.70. The number of carbonyl (C=O) groups is 2. The lowest BCUT2D eigenvalue weighted by Gasteiger charge is -2.09. The smallest absolute Gasteiger partial charge is 0.221 e. The second-order valence-corrected chi connectivity index (χ2v) is 7.40. The maximum atomic E-state index is 13.8. The third-order valence-electron chi connectivity index (χ3n) is 4.39. The van der Waals surface area contributed by atoms with Gasteiger partial charge in [0.25, 0.3) is 0 Å². The fraction of sp³-hybridized carbons (Fsp3) is 0.100. The number of fused-ring (bicyclic) bond motifs is 1. The molecule has 0 atom stereocenters. The molecule has 146 valence electrons. The van der Waals surface area contributed by atoms with E-state index in [0.717, 1.165) is 21.7 Å². The maximum Gasteiger partial charge on any atom is 0.221 e. The first-order valence-electron chi connectivity index (χ1n) is 8.67. The third-order valence-corrected chi connectivity index (χ3v) is 4.88. The molecule has 29 heavy (non-hydrogen) atoms. The fourth-order valence-corrected chi connectivity index (χ4v) is 3.54. The zero-order valence-corrected chi connectivity index (χ0v) is 16.9. The van der Waals surface area contributed by atoms with Gasteiger partial charge in [-0.15, -0.1) is 5.10 Å². The Hall–Kier alpha value is -3.33. The summed E-state index contributed by atoms with van der Waals surface area (Å²) in [7, 11) is 0. The van der Waals surface area contributed by atoms with Gasteiger partial charge in [-0.1, -0.05) is 21.1 Å². The SMILES string of the molecule is CC(=O)Nc1ccc(F)cc1-n1cc(Cn2cc(C=O)c3cc(Br)ccc32)nn1. The van der Waals surface area contributed by atoms with Crippen LogP contribution in [0.15, 0.2) is 53.3 Å². The molecule has 1 amide bonds. The summed E-state index contributed by atoms with van der Waals surface area (Å²) < 4.78 is 18.0. The van der Waals surface area contributed by atoms with Crippen molar-refractivity contribution in [3.63, 3.8) is 0 Å². The zero-order chi connectivity index (χ0) is 20.5. The number of amides is 1. The zero-order valence-electron chi connectivity index (χ0n) is 15.3. The van der Waals surface area contributed by atoms with E-state index < -0.39 is 5.82 Å². The van der Waals surface area contributed by atoms with E-state index >= 15 is 0 Å². The fourth-order valence-electron chi connectivity index (χ4n) is 3.17. The summed E-state index contributed by atoms with van der Waals surface area (Å²) in [4.78, 5) is 22.8. The lowest BCUT2D eigenvalue weighted by Crippen LogP contribution is -2.10. The summed E-state index contributed by atoms with van der Waals surface area (Å²) in [6, 6.07) is 9.71. The van der Waals surface area contributed by atoms with Gasteiger partial charge in [0.05, 0.1) is 24.1 Å². The van der Waals surface area contributed by atoms with Crippen LogP contribution in [0.3, 0.4) is 0 Å². The van der Waals surface area contributed by atoms with Gasteiger partial charge in [0.1, 0.15) is 11.5 Å². The number of hydrogen-bond acceptors (Lipinski definition) is 4. The van der Waals surface area contributed by atoms with E-state index in [0.29, 0.717) is 29.2 Å². The number of anilines is 1. The van der Waals surface area contributed by atoms with Gasteiger partial charge in [0.2, 0.25) is 5.91 Å². The van der Waals surface area contributed by atoms with E-state index in [1.807, 2.05) is 22.8 Å². The highest BCUT2D eigenvalue weighted by atomic mass is 79.9. The number of aldehydes is 1. The monoisotopic (exact) mass is 455 g/mol. The van der Waals surface area contributed by atoms with Gasteiger partial charge in [-0.25, -0.2) is 9.07 Å². The van der Waals surface area contributed by atoms with Crippen LogP contribution in [0.1, 0.15) is 23.0 Å². The van der Waals surface area contributed by atoms with Crippen molar-refractivity contribution in [1.29, 1.82) is 0 Å². The molecule has 4 aromatic rings. The first-order chi connectivity index (χ1) is 13.9. The Morgan fingerprint density at radius 3 is 2.83 bits per heavy atom. The van der Waals surface area contributed by atoms with Crippen molar-refractivity contribution in [2.24, 2.45) is 0 Å². The molecule has 7 nitrogen and oxygen atoms in total. The van der Waals surface area contributed by atoms with Gasteiger partial charge in [0.15, 0.2) is 6.29 Å². The summed E-state index contributed by atoms with van der Waals surface area (Å²) >= 11 is 3.42. The summed E-state index contributed by atoms with van der Waals surface area (Å²) in [5.41, 5.74) is 2.87. The lowest BCUT2D eigenvalue weighted by molar-refractivity contribution is -0.114. The second-order valence-electron chi connectivity index (χ2n) is 6.49. The predicted molar refractivity (Wildman–Crippen MR) is 110 cm³/mol. The number of rotatable bonds is 5. The standard InChI is InChI=1S/C20H15BrFN5O2/c1-12(29)23-18-4-3-15(22)7-20(18)27-10-16(24-25-27)9-26-8-13(11-28)17-6-14(21)2-5-19(17)26/h2-8,10-11H,9H2,1H3,(H,23,29). The largest absolute Gasteiger partial charge is 0.341 e. The highest BCUT2D eigenvalue weighted by Crippen LogP contribution is 2.25. The summed E-state index contributed by atoms with van der Waals surface area (Å²) in [5, 5.41) is 11.7. The third kappa shape index (κ3) is 3.81. The molecule has 0 unspecified atom stereocenters. The minimum atomic E-state index is -0.455. The minimum absolute atomic E-state index is 0.274. The molecule has 2 aromatic carbocycles. The highest BCUT2D eigenvalue weighted by Gasteiger charge is 2.13. The maximum absolute atomic E-state index is 13.8. The molecular formula is C20H15BrFN5O2. The molecule has 0 aliphatic heterocycles. The Labute approximate surface area is 173 Å². The van der Waals surface area contributed by atoms with Crippen molar-refractivity contribution in [2.45, 2.75) is 13.5 Å². The van der Waals surface area contributed by atoms with Crippen LogP contribution in [0.5, 0.6) is 0 Å². The minimum Gasteiger partial charge on any atom is -0.341 e. The van der Waals surface area contributed by atoms with Crippen LogP contribution in [0.2, 0.25) is 0 Å². The average Bonchev–Trinajstić information content (AvgIpc) is 3.27. The van der Waals surface area contributed by atoms with E-state index in [4.69, 9.17) is 0 Å². The van der Waals surface area contributed by atoms with Gasteiger partial charge in [-0.3, -0.25) is 9.59 Å². The molecule has 2 heterocycles. The van der Waals surface area contributed by atoms with Gasteiger partial charge in [-0.2, -0.15) is 0 Å². The molecule has 0 aliphatic carbocycles. The molecule has 2 aromatic heterocycles. The van der Waals surface area contributed by atoms with Crippen LogP contribution in [-0.4, -0.2) is 31.8 Å². The van der Waals surface area contributed by atoms with E-state index in [9.17, 15) is 14.0 Å². The summed E-state index contributed by atoms with van der Waals surface area (Å²) in [6.45, 7) is 1.75. The van der Waals surface area contributed by atoms with E-state index in [1.165, 1.54) is 29.8 Å². The van der Waals surface area contributed by atoms with Gasteiger partial charge >= 0.3 is 0 Å². The Kier molecular flexibility index (Phi) is 4.98. The van der Waals surface area contributed by atoms with Gasteiger partial charge in [0, 0.05) is 40.1 Å². The lowest BCUT2D eigenvalue weighted by atomic mass is 10.2. The molecule has 9 heteroatoms. The molecule has 0 saturated carbocycles. The second kappa shape index (κ2) is 7.59. The van der Waals surface area contributed by atoms with Crippen LogP contribution in [0.4, 0.5) is 10.1 Å². The van der Waals surface area contributed by atoms with Crippen LogP contribution < -0.4 is 5.32 Å². The Morgan fingerprint density at radius 2 is 2.07 bits per heavy atom. The number of nitrogens with zero attached hydrogens (tertiary/aromatic N) is 4. The van der Waals surface area contributed by atoms with Crippen LogP contribution in [0, 0.1) is 5.82 Å². The molecule has 0 fully saturated rings. The van der Waals surface area contributed by atoms with Crippen LogP contribution in [-0.2, 0) is 11.3 Å². The van der Waals surface area contributed by atoms with Crippen molar-refractivity contribution in [3.8, 4) is 5.69 Å². The number of hydrogen-bond donors (Lipinski definition) is 1. The van der Waals surface area contributed by atoms with E-state index in [-0.39, 0.29) is 5.91 Å². The normalized spacial score (nSPS) is 11.0. The van der Waals surface area contributed by atoms with Crippen molar-refractivity contribution < 1.29 is 14.0 Å². The first-order valence-corrected chi connectivity index (χ1v) is 9.46. The number of benzene rings is 2. The Morgan fingerprint density at radius 1 is 1.24 bits per heavy atom. The van der Waals surface area contributed by atoms with Crippen molar-refractivity contribution in [2.75, 3.05) is 5.32 Å². The van der Waals surface area contributed by atoms with Crippen LogP contribution in [0.25, 0.3) is 16.6 Å². The molecule has 0 radical (unpaired) electrons. The van der Waals surface area contributed by atoms with Crippen molar-refractivity contribution >= 4 is 44.7 Å². The molecule has 0 saturated heterocycles. The molecule has 0 bridgehead atoms. The highest BCUT2D eigenvalue weighted by molar-refractivity contribution is 9.10. The van der Waals surface area contributed by atoms with Gasteiger partial charge < -0.3 is 9.88 Å². The topological polar surface area (TPSA) is 81.8 Å². The van der Waals surface area contributed by atoms with Crippen molar-refractivity contribution in [1.82, 2.24) is 19.6 Å².